The van der Waals surface area contributed by atoms with Crippen LogP contribution in [0.3, 0.4) is 0 Å². The van der Waals surface area contributed by atoms with Gasteiger partial charge in [-0.05, 0) is 23.6 Å². The van der Waals surface area contributed by atoms with Gasteiger partial charge < -0.3 is 9.64 Å². The molecule has 4 nitrogen and oxygen atoms in total. The summed E-state index contributed by atoms with van der Waals surface area (Å²) < 4.78 is 4.72. The second kappa shape index (κ2) is 5.67. The monoisotopic (exact) mass is 275 g/mol. The maximum absolute atomic E-state index is 12.3. The van der Waals surface area contributed by atoms with E-state index in [1.807, 2.05) is 11.4 Å². The van der Waals surface area contributed by atoms with Gasteiger partial charge in [-0.3, -0.25) is 4.79 Å². The second-order valence-corrected chi connectivity index (χ2v) is 4.80. The van der Waals surface area contributed by atoms with Crippen molar-refractivity contribution in [2.45, 2.75) is 0 Å². The van der Waals surface area contributed by atoms with Crippen LogP contribution in [0.4, 0.5) is 5.69 Å². The molecule has 1 aromatic heterocycles. The van der Waals surface area contributed by atoms with Crippen LogP contribution in [0.5, 0.6) is 0 Å². The summed E-state index contributed by atoms with van der Waals surface area (Å²) in [5.41, 5.74) is 0.908. The molecule has 0 fully saturated rings. The number of nitrogens with zero attached hydrogens (tertiary/aromatic N) is 1. The van der Waals surface area contributed by atoms with Gasteiger partial charge in [0.15, 0.2) is 0 Å². The molecule has 0 N–H and O–H groups in total. The summed E-state index contributed by atoms with van der Waals surface area (Å²) in [5.74, 6) is -0.604. The Morgan fingerprint density at radius 1 is 1.16 bits per heavy atom. The first-order chi connectivity index (χ1) is 9.15. The molecule has 1 amide bonds. The molecule has 2 aromatic rings. The van der Waals surface area contributed by atoms with Crippen LogP contribution in [0.2, 0.25) is 0 Å². The SMILES string of the molecule is COC(=O)c1ccccc1N(C)C(=O)c1cccs1. The molecule has 0 atom stereocenters. The molecule has 1 aromatic carbocycles. The fraction of sp³-hybridized carbons (Fsp3) is 0.143. The zero-order chi connectivity index (χ0) is 13.8. The summed E-state index contributed by atoms with van der Waals surface area (Å²) in [4.78, 5) is 26.0. The van der Waals surface area contributed by atoms with Crippen molar-refractivity contribution in [2.24, 2.45) is 0 Å². The lowest BCUT2D eigenvalue weighted by molar-refractivity contribution is 0.0601. The van der Waals surface area contributed by atoms with Crippen molar-refractivity contribution in [2.75, 3.05) is 19.1 Å². The average molecular weight is 275 g/mol. The van der Waals surface area contributed by atoms with Crippen molar-refractivity contribution >= 4 is 28.9 Å². The van der Waals surface area contributed by atoms with E-state index in [2.05, 4.69) is 0 Å². The number of esters is 1. The van der Waals surface area contributed by atoms with Crippen LogP contribution in [-0.2, 0) is 4.74 Å². The van der Waals surface area contributed by atoms with Crippen LogP contribution in [0.25, 0.3) is 0 Å². The Hall–Kier alpha value is -2.14. The van der Waals surface area contributed by atoms with E-state index in [-0.39, 0.29) is 5.91 Å². The quantitative estimate of drug-likeness (QED) is 0.809. The zero-order valence-electron chi connectivity index (χ0n) is 10.6. The Bertz CT molecular complexity index is 592. The van der Waals surface area contributed by atoms with Crippen LogP contribution < -0.4 is 4.90 Å². The smallest absolute Gasteiger partial charge is 0.339 e. The minimum Gasteiger partial charge on any atom is -0.465 e. The third-order valence-electron chi connectivity index (χ3n) is 2.71. The molecule has 0 radical (unpaired) electrons. The molecule has 0 aliphatic heterocycles. The van der Waals surface area contributed by atoms with Gasteiger partial charge in [-0.1, -0.05) is 18.2 Å². The molecule has 0 bridgehead atoms. The normalized spacial score (nSPS) is 10.0. The number of ether oxygens (including phenoxy) is 1. The highest BCUT2D eigenvalue weighted by Crippen LogP contribution is 2.23. The number of hydrogen-bond donors (Lipinski definition) is 0. The summed E-state index contributed by atoms with van der Waals surface area (Å²) in [5, 5.41) is 1.84. The molecule has 0 aliphatic rings. The molecule has 0 aliphatic carbocycles. The van der Waals surface area contributed by atoms with Gasteiger partial charge in [-0.15, -0.1) is 11.3 Å². The van der Waals surface area contributed by atoms with E-state index < -0.39 is 5.97 Å². The second-order valence-electron chi connectivity index (χ2n) is 3.85. The predicted molar refractivity (Wildman–Crippen MR) is 74.8 cm³/mol. The van der Waals surface area contributed by atoms with E-state index in [4.69, 9.17) is 4.74 Å². The Morgan fingerprint density at radius 3 is 2.53 bits per heavy atom. The van der Waals surface area contributed by atoms with Gasteiger partial charge in [0.05, 0.1) is 23.2 Å². The van der Waals surface area contributed by atoms with Gasteiger partial charge in [0.25, 0.3) is 5.91 Å². The number of amides is 1. The number of para-hydroxylation sites is 1. The van der Waals surface area contributed by atoms with Crippen LogP contribution in [0.15, 0.2) is 41.8 Å². The maximum Gasteiger partial charge on any atom is 0.339 e. The predicted octanol–water partition coefficient (Wildman–Crippen LogP) is 2.81. The molecule has 98 valence electrons. The van der Waals surface area contributed by atoms with Gasteiger partial charge in [-0.2, -0.15) is 0 Å². The lowest BCUT2D eigenvalue weighted by Crippen LogP contribution is -2.27. The van der Waals surface area contributed by atoms with Gasteiger partial charge in [-0.25, -0.2) is 4.79 Å². The molecular weight excluding hydrogens is 262 g/mol. The Labute approximate surface area is 115 Å². The van der Waals surface area contributed by atoms with Crippen LogP contribution >= 0.6 is 11.3 Å². The Kier molecular flexibility index (Phi) is 3.97. The maximum atomic E-state index is 12.3. The molecule has 5 heteroatoms. The summed E-state index contributed by atoms with van der Waals surface area (Å²) in [7, 11) is 2.96. The molecule has 0 unspecified atom stereocenters. The summed E-state index contributed by atoms with van der Waals surface area (Å²) in [6.07, 6.45) is 0. The highest BCUT2D eigenvalue weighted by atomic mass is 32.1. The fourth-order valence-corrected chi connectivity index (χ4v) is 2.42. The third-order valence-corrected chi connectivity index (χ3v) is 3.57. The van der Waals surface area contributed by atoms with Crippen molar-refractivity contribution in [3.63, 3.8) is 0 Å². The molecule has 0 saturated heterocycles. The summed E-state index contributed by atoms with van der Waals surface area (Å²) >= 11 is 1.37. The number of carbonyl (C=O) groups excluding carboxylic acids is 2. The first kappa shape index (κ1) is 13.3. The number of thiophene rings is 1. The molecule has 0 spiro atoms. The minimum absolute atomic E-state index is 0.147. The van der Waals surface area contributed by atoms with Gasteiger partial charge in [0.1, 0.15) is 0 Å². The van der Waals surface area contributed by atoms with Gasteiger partial charge >= 0.3 is 5.97 Å². The average Bonchev–Trinajstić information content (AvgIpc) is 2.99. The summed E-state index contributed by atoms with van der Waals surface area (Å²) in [6.45, 7) is 0. The highest BCUT2D eigenvalue weighted by Gasteiger charge is 2.20. The minimum atomic E-state index is -0.457. The topological polar surface area (TPSA) is 46.6 Å². The first-order valence-electron chi connectivity index (χ1n) is 5.64. The van der Waals surface area contributed by atoms with Crippen molar-refractivity contribution < 1.29 is 14.3 Å². The van der Waals surface area contributed by atoms with E-state index in [9.17, 15) is 9.59 Å². The third kappa shape index (κ3) is 2.66. The number of anilines is 1. The van der Waals surface area contributed by atoms with E-state index >= 15 is 0 Å². The van der Waals surface area contributed by atoms with Crippen molar-refractivity contribution in [3.8, 4) is 0 Å². The van der Waals surface area contributed by atoms with Crippen LogP contribution in [0, 0.1) is 0 Å². The first-order valence-corrected chi connectivity index (χ1v) is 6.52. The lowest BCUT2D eigenvalue weighted by Gasteiger charge is -2.19. The van der Waals surface area contributed by atoms with Gasteiger partial charge in [0.2, 0.25) is 0 Å². The van der Waals surface area contributed by atoms with Crippen molar-refractivity contribution in [1.29, 1.82) is 0 Å². The lowest BCUT2D eigenvalue weighted by atomic mass is 10.1. The van der Waals surface area contributed by atoms with Crippen LogP contribution in [0.1, 0.15) is 20.0 Å². The fourth-order valence-electron chi connectivity index (χ4n) is 1.72. The zero-order valence-corrected chi connectivity index (χ0v) is 11.4. The van der Waals surface area contributed by atoms with Crippen LogP contribution in [-0.4, -0.2) is 26.0 Å². The number of methoxy groups -OCH3 is 1. The standard InChI is InChI=1S/C14H13NO3S/c1-15(13(16)12-8-5-9-19-12)11-7-4-3-6-10(11)14(17)18-2/h3-9H,1-2H3. The number of benzene rings is 1. The van der Waals surface area contributed by atoms with Gasteiger partial charge in [0, 0.05) is 7.05 Å². The van der Waals surface area contributed by atoms with E-state index in [1.165, 1.54) is 23.3 Å². The van der Waals surface area contributed by atoms with E-state index in [1.54, 1.807) is 37.4 Å². The number of hydrogen-bond acceptors (Lipinski definition) is 4. The van der Waals surface area contributed by atoms with E-state index in [0.29, 0.717) is 16.1 Å². The Morgan fingerprint density at radius 2 is 1.89 bits per heavy atom. The summed E-state index contributed by atoms with van der Waals surface area (Å²) in [6, 6.07) is 10.4. The van der Waals surface area contributed by atoms with Crippen molar-refractivity contribution in [3.05, 3.63) is 52.2 Å². The van der Waals surface area contributed by atoms with E-state index in [0.717, 1.165) is 0 Å². The molecule has 0 saturated carbocycles. The largest absolute Gasteiger partial charge is 0.465 e. The Balaban J connectivity index is 2.36. The number of rotatable bonds is 3. The number of carbonyl (C=O) groups is 2. The molecule has 19 heavy (non-hydrogen) atoms. The highest BCUT2D eigenvalue weighted by molar-refractivity contribution is 7.12. The van der Waals surface area contributed by atoms with Crippen molar-refractivity contribution in [1.82, 2.24) is 0 Å². The molecule has 2 rings (SSSR count). The molecular formula is C14H13NO3S. The molecule has 1 heterocycles.